The average Bonchev–Trinajstić information content (AvgIpc) is 3.32. The van der Waals surface area contributed by atoms with Gasteiger partial charge < -0.3 is 20.1 Å². The fourth-order valence-electron chi connectivity index (χ4n) is 3.48. The van der Waals surface area contributed by atoms with E-state index in [1.165, 1.54) is 18.2 Å². The smallest absolute Gasteiger partial charge is 0.255 e. The van der Waals surface area contributed by atoms with E-state index in [1.807, 2.05) is 0 Å². The lowest BCUT2D eigenvalue weighted by Crippen LogP contribution is -2.21. The minimum atomic E-state index is -0.509. The number of rotatable bonds is 6. The number of fused-ring (bicyclic) bond motifs is 1. The molecule has 10 nitrogen and oxygen atoms in total. The number of carbonyl (C=O) groups excluding carboxylic acids is 2. The zero-order valence-corrected chi connectivity index (χ0v) is 18.3. The zero-order valence-electron chi connectivity index (χ0n) is 18.3. The SMILES string of the molecule is O=C(Cn1nnc(-c2ccccc2NC(=O)c2cccc(F)c2)n1)Nc1ccc2c(c1)OCCO2. The van der Waals surface area contributed by atoms with E-state index in [9.17, 15) is 14.0 Å². The first-order chi connectivity index (χ1) is 17.0. The van der Waals surface area contributed by atoms with Crippen molar-refractivity contribution in [1.82, 2.24) is 20.2 Å². The molecule has 0 radical (unpaired) electrons. The highest BCUT2D eigenvalue weighted by Gasteiger charge is 2.16. The number of aromatic nitrogens is 4. The first-order valence-corrected chi connectivity index (χ1v) is 10.7. The number of nitrogens with zero attached hydrogens (tertiary/aromatic N) is 4. The molecule has 0 unspecified atom stereocenters. The quantitative estimate of drug-likeness (QED) is 0.440. The molecule has 3 aromatic carbocycles. The molecular weight excluding hydrogens is 455 g/mol. The van der Waals surface area contributed by atoms with Gasteiger partial charge >= 0.3 is 0 Å². The van der Waals surface area contributed by atoms with Crippen molar-refractivity contribution in [3.05, 3.63) is 78.1 Å². The summed E-state index contributed by atoms with van der Waals surface area (Å²) >= 11 is 0. The first kappa shape index (κ1) is 22.0. The molecule has 0 saturated heterocycles. The van der Waals surface area contributed by atoms with Crippen molar-refractivity contribution in [2.45, 2.75) is 6.54 Å². The fourth-order valence-corrected chi connectivity index (χ4v) is 3.48. The maximum absolute atomic E-state index is 13.5. The van der Waals surface area contributed by atoms with Crippen LogP contribution in [0.25, 0.3) is 11.4 Å². The van der Waals surface area contributed by atoms with E-state index in [2.05, 4.69) is 26.0 Å². The van der Waals surface area contributed by atoms with E-state index < -0.39 is 11.7 Å². The summed E-state index contributed by atoms with van der Waals surface area (Å²) in [6, 6.07) is 17.4. The molecule has 1 aliphatic heterocycles. The molecule has 176 valence electrons. The minimum Gasteiger partial charge on any atom is -0.486 e. The van der Waals surface area contributed by atoms with Gasteiger partial charge in [-0.05, 0) is 47.7 Å². The van der Waals surface area contributed by atoms with Crippen LogP contribution < -0.4 is 20.1 Å². The summed E-state index contributed by atoms with van der Waals surface area (Å²) in [5.41, 5.74) is 1.63. The van der Waals surface area contributed by atoms with Crippen LogP contribution in [0.1, 0.15) is 10.4 Å². The van der Waals surface area contributed by atoms with Crippen molar-refractivity contribution >= 4 is 23.2 Å². The van der Waals surface area contributed by atoms with Crippen LogP contribution in [0.15, 0.2) is 66.7 Å². The van der Waals surface area contributed by atoms with Gasteiger partial charge in [-0.1, -0.05) is 18.2 Å². The summed E-state index contributed by atoms with van der Waals surface area (Å²) in [7, 11) is 0. The molecule has 5 rings (SSSR count). The van der Waals surface area contributed by atoms with Gasteiger partial charge in [0.25, 0.3) is 5.91 Å². The third-order valence-corrected chi connectivity index (χ3v) is 5.07. The average molecular weight is 474 g/mol. The highest BCUT2D eigenvalue weighted by Crippen LogP contribution is 2.32. The number of nitrogens with one attached hydrogen (secondary N) is 2. The van der Waals surface area contributed by atoms with Gasteiger partial charge in [0, 0.05) is 22.9 Å². The zero-order chi connectivity index (χ0) is 24.2. The Balaban J connectivity index is 1.27. The highest BCUT2D eigenvalue weighted by atomic mass is 19.1. The van der Waals surface area contributed by atoms with Crippen LogP contribution in [0, 0.1) is 5.82 Å². The van der Waals surface area contributed by atoms with Crippen LogP contribution in [0.5, 0.6) is 11.5 Å². The molecule has 2 heterocycles. The Morgan fingerprint density at radius 2 is 1.77 bits per heavy atom. The summed E-state index contributed by atoms with van der Waals surface area (Å²) in [5, 5.41) is 17.7. The van der Waals surface area contributed by atoms with E-state index in [1.54, 1.807) is 42.5 Å². The maximum Gasteiger partial charge on any atom is 0.255 e. The van der Waals surface area contributed by atoms with Crippen LogP contribution in [0.3, 0.4) is 0 Å². The fraction of sp³-hybridized carbons (Fsp3) is 0.125. The lowest BCUT2D eigenvalue weighted by molar-refractivity contribution is -0.117. The van der Waals surface area contributed by atoms with Gasteiger partial charge in [0.15, 0.2) is 11.5 Å². The number of amides is 2. The number of halogens is 1. The lowest BCUT2D eigenvalue weighted by atomic mass is 10.1. The standard InChI is InChI=1S/C24H19FN6O4/c25-16-5-3-4-15(12-16)24(33)27-19-7-2-1-6-18(19)23-28-30-31(29-23)14-22(32)26-17-8-9-20-21(13-17)35-11-10-34-20/h1-9,12-13H,10-11,14H2,(H,26,32)(H,27,33). The van der Waals surface area contributed by atoms with Gasteiger partial charge in [-0.3, -0.25) is 9.59 Å². The third-order valence-electron chi connectivity index (χ3n) is 5.07. The summed E-state index contributed by atoms with van der Waals surface area (Å²) < 4.78 is 24.5. The number of para-hydroxylation sites is 1. The Bertz CT molecular complexity index is 1410. The predicted octanol–water partition coefficient (Wildman–Crippen LogP) is 3.14. The van der Waals surface area contributed by atoms with Crippen molar-refractivity contribution < 1.29 is 23.5 Å². The van der Waals surface area contributed by atoms with Gasteiger partial charge in [0.05, 0.1) is 5.69 Å². The molecular formula is C24H19FN6O4. The maximum atomic E-state index is 13.5. The first-order valence-electron chi connectivity index (χ1n) is 10.7. The number of hydrogen-bond acceptors (Lipinski definition) is 7. The van der Waals surface area contributed by atoms with E-state index in [4.69, 9.17) is 9.47 Å². The second-order valence-corrected chi connectivity index (χ2v) is 7.56. The van der Waals surface area contributed by atoms with E-state index >= 15 is 0 Å². The Kier molecular flexibility index (Phi) is 6.03. The Labute approximate surface area is 198 Å². The number of benzene rings is 3. The Morgan fingerprint density at radius 3 is 2.63 bits per heavy atom. The summed E-state index contributed by atoms with van der Waals surface area (Å²) in [4.78, 5) is 26.2. The lowest BCUT2D eigenvalue weighted by Gasteiger charge is -2.18. The summed E-state index contributed by atoms with van der Waals surface area (Å²) in [6.07, 6.45) is 0. The van der Waals surface area contributed by atoms with Crippen LogP contribution in [-0.4, -0.2) is 45.2 Å². The molecule has 0 spiro atoms. The van der Waals surface area contributed by atoms with Crippen LogP contribution in [-0.2, 0) is 11.3 Å². The normalized spacial score (nSPS) is 12.1. The number of hydrogen-bond donors (Lipinski definition) is 2. The monoisotopic (exact) mass is 474 g/mol. The molecule has 11 heteroatoms. The second-order valence-electron chi connectivity index (χ2n) is 7.56. The molecule has 0 bridgehead atoms. The van der Waals surface area contributed by atoms with E-state index in [0.29, 0.717) is 41.7 Å². The van der Waals surface area contributed by atoms with Gasteiger partial charge in [-0.15, -0.1) is 10.2 Å². The molecule has 35 heavy (non-hydrogen) atoms. The van der Waals surface area contributed by atoms with Crippen LogP contribution in [0.4, 0.5) is 15.8 Å². The molecule has 4 aromatic rings. The molecule has 1 aromatic heterocycles. The molecule has 0 atom stereocenters. The van der Waals surface area contributed by atoms with Gasteiger partial charge in [0.2, 0.25) is 11.7 Å². The van der Waals surface area contributed by atoms with E-state index in [0.717, 1.165) is 10.9 Å². The topological polar surface area (TPSA) is 120 Å². The van der Waals surface area contributed by atoms with Crippen molar-refractivity contribution in [2.75, 3.05) is 23.8 Å². The third kappa shape index (κ3) is 5.08. The van der Waals surface area contributed by atoms with Crippen LogP contribution in [0.2, 0.25) is 0 Å². The Hall–Kier alpha value is -4.80. The van der Waals surface area contributed by atoms with Crippen molar-refractivity contribution in [2.24, 2.45) is 0 Å². The largest absolute Gasteiger partial charge is 0.486 e. The van der Waals surface area contributed by atoms with Crippen molar-refractivity contribution in [3.63, 3.8) is 0 Å². The molecule has 2 N–H and O–H groups in total. The van der Waals surface area contributed by atoms with Crippen LogP contribution >= 0.6 is 0 Å². The Morgan fingerprint density at radius 1 is 0.943 bits per heavy atom. The number of carbonyl (C=O) groups is 2. The molecule has 1 aliphatic rings. The molecule has 0 fully saturated rings. The minimum absolute atomic E-state index is 0.173. The molecule has 0 saturated carbocycles. The molecule has 2 amide bonds. The van der Waals surface area contributed by atoms with Gasteiger partial charge in [-0.2, -0.15) is 4.80 Å². The van der Waals surface area contributed by atoms with Gasteiger partial charge in [-0.25, -0.2) is 4.39 Å². The number of tetrazole rings is 1. The van der Waals surface area contributed by atoms with E-state index in [-0.39, 0.29) is 23.8 Å². The molecule has 0 aliphatic carbocycles. The second kappa shape index (κ2) is 9.59. The highest BCUT2D eigenvalue weighted by molar-refractivity contribution is 6.06. The summed E-state index contributed by atoms with van der Waals surface area (Å²) in [5.74, 6) is 0.0471. The predicted molar refractivity (Wildman–Crippen MR) is 124 cm³/mol. The summed E-state index contributed by atoms with van der Waals surface area (Å²) in [6.45, 7) is 0.746. The number of ether oxygens (including phenoxy) is 2. The van der Waals surface area contributed by atoms with Crippen molar-refractivity contribution in [1.29, 1.82) is 0 Å². The van der Waals surface area contributed by atoms with Gasteiger partial charge in [0.1, 0.15) is 25.6 Å². The van der Waals surface area contributed by atoms with Crippen molar-refractivity contribution in [3.8, 4) is 22.9 Å². The number of anilines is 2.